The number of rotatable bonds is 43. The fourth-order valence-electron chi connectivity index (χ4n) is 8.14. The van der Waals surface area contributed by atoms with Gasteiger partial charge in [0.25, 0.3) is 0 Å². The summed E-state index contributed by atoms with van der Waals surface area (Å²) in [6, 6.07) is -0.803. The number of nitrogens with one attached hydrogen (secondary N) is 1. The van der Waals surface area contributed by atoms with E-state index in [-0.39, 0.29) is 12.5 Å². The van der Waals surface area contributed by atoms with E-state index in [9.17, 15) is 30.3 Å². The van der Waals surface area contributed by atoms with Crippen molar-refractivity contribution in [3.8, 4) is 0 Å². The van der Waals surface area contributed by atoms with Crippen molar-refractivity contribution in [3.05, 3.63) is 36.5 Å². The molecule has 7 unspecified atom stereocenters. The Kier molecular flexibility index (Phi) is 39.9. The highest BCUT2D eigenvalue weighted by molar-refractivity contribution is 5.76. The Balaban J connectivity index is 2.28. The maximum Gasteiger partial charge on any atom is 0.220 e. The average Bonchev–Trinajstić information content (AvgIpc) is 3.26. The maximum atomic E-state index is 13.0. The molecule has 0 spiro atoms. The van der Waals surface area contributed by atoms with Crippen LogP contribution in [0.5, 0.6) is 0 Å². The van der Waals surface area contributed by atoms with Gasteiger partial charge >= 0.3 is 0 Å². The van der Waals surface area contributed by atoms with Gasteiger partial charge in [-0.05, 0) is 44.9 Å². The van der Waals surface area contributed by atoms with E-state index in [2.05, 4.69) is 43.5 Å². The molecular formula is C52H97NO8. The van der Waals surface area contributed by atoms with Gasteiger partial charge in [0.1, 0.15) is 24.4 Å². The zero-order valence-corrected chi connectivity index (χ0v) is 39.4. The number of carbonyl (C=O) groups is 1. The fourth-order valence-corrected chi connectivity index (χ4v) is 8.14. The monoisotopic (exact) mass is 864 g/mol. The van der Waals surface area contributed by atoms with Gasteiger partial charge in [0.05, 0.1) is 25.4 Å². The van der Waals surface area contributed by atoms with Gasteiger partial charge < -0.3 is 40.3 Å². The van der Waals surface area contributed by atoms with Crippen LogP contribution in [0.1, 0.15) is 232 Å². The topological polar surface area (TPSA) is 149 Å². The zero-order valence-electron chi connectivity index (χ0n) is 39.4. The van der Waals surface area contributed by atoms with Gasteiger partial charge in [0.15, 0.2) is 6.29 Å². The number of carbonyl (C=O) groups excluding carboxylic acids is 1. The Morgan fingerprint density at radius 1 is 0.574 bits per heavy atom. The van der Waals surface area contributed by atoms with Gasteiger partial charge in [-0.1, -0.05) is 217 Å². The minimum atomic E-state index is -1.57. The normalized spacial score (nSPS) is 20.7. The number of hydrogen-bond donors (Lipinski definition) is 6. The summed E-state index contributed by atoms with van der Waals surface area (Å²) in [6.07, 6.45) is 46.2. The van der Waals surface area contributed by atoms with Crippen molar-refractivity contribution >= 4 is 5.91 Å². The standard InChI is InChI=1S/C52H97NO8/c1-3-5-7-9-11-13-15-17-19-21-22-23-24-26-28-30-32-34-36-38-40-42-48(56)53-45(44-60-52-51(59)50(58)49(57)47(43-54)61-52)46(55)41-39-37-35-33-31-29-27-25-20-18-16-14-12-10-8-6-4-2/h5,7,11,13,39,41,45-47,49-52,54-55,57-59H,3-4,6,8-10,12,14-38,40,42-44H2,1-2H3,(H,53,56)/b7-5-,13-11-,41-39+. The van der Waals surface area contributed by atoms with Gasteiger partial charge in [-0.15, -0.1) is 0 Å². The van der Waals surface area contributed by atoms with Crippen LogP contribution >= 0.6 is 0 Å². The number of aliphatic hydroxyl groups excluding tert-OH is 5. The lowest BCUT2D eigenvalue weighted by Crippen LogP contribution is -2.60. The second kappa shape index (κ2) is 42.4. The van der Waals surface area contributed by atoms with Crippen molar-refractivity contribution < 1.29 is 39.8 Å². The second-order valence-electron chi connectivity index (χ2n) is 17.9. The smallest absolute Gasteiger partial charge is 0.220 e. The quantitative estimate of drug-likeness (QED) is 0.0262. The molecule has 0 aromatic rings. The molecule has 6 N–H and O–H groups in total. The van der Waals surface area contributed by atoms with Gasteiger partial charge in [-0.2, -0.15) is 0 Å². The van der Waals surface area contributed by atoms with Crippen molar-refractivity contribution in [2.75, 3.05) is 13.2 Å². The van der Waals surface area contributed by atoms with Gasteiger partial charge in [0.2, 0.25) is 5.91 Å². The molecule has 7 atom stereocenters. The van der Waals surface area contributed by atoms with Crippen molar-refractivity contribution in [2.24, 2.45) is 0 Å². The number of amides is 1. The van der Waals surface area contributed by atoms with Crippen molar-refractivity contribution in [3.63, 3.8) is 0 Å². The number of aliphatic hydroxyl groups is 5. The molecule has 1 saturated heterocycles. The molecule has 358 valence electrons. The van der Waals surface area contributed by atoms with Crippen LogP contribution in [0.2, 0.25) is 0 Å². The molecule has 1 rings (SSSR count). The van der Waals surface area contributed by atoms with Crippen LogP contribution in [0.4, 0.5) is 0 Å². The average molecular weight is 864 g/mol. The Hall–Kier alpha value is -1.59. The molecule has 0 aromatic heterocycles. The summed E-state index contributed by atoms with van der Waals surface area (Å²) < 4.78 is 11.2. The van der Waals surface area contributed by atoms with E-state index >= 15 is 0 Å². The first kappa shape index (κ1) is 57.4. The van der Waals surface area contributed by atoms with Crippen LogP contribution in [0.25, 0.3) is 0 Å². The third kappa shape index (κ3) is 32.7. The van der Waals surface area contributed by atoms with Crippen LogP contribution in [0.15, 0.2) is 36.5 Å². The summed E-state index contributed by atoms with van der Waals surface area (Å²) in [5.41, 5.74) is 0. The first-order chi connectivity index (χ1) is 29.8. The largest absolute Gasteiger partial charge is 0.394 e. The minimum absolute atomic E-state index is 0.176. The molecule has 1 amide bonds. The van der Waals surface area contributed by atoms with Gasteiger partial charge in [0, 0.05) is 6.42 Å². The number of hydrogen-bond acceptors (Lipinski definition) is 8. The third-order valence-corrected chi connectivity index (χ3v) is 12.2. The number of unbranched alkanes of at least 4 members (excludes halogenated alkanes) is 29. The summed E-state index contributed by atoms with van der Waals surface area (Å²) in [5, 5.41) is 54.4. The van der Waals surface area contributed by atoms with Crippen LogP contribution < -0.4 is 5.32 Å². The molecule has 9 heteroatoms. The molecular weight excluding hydrogens is 767 g/mol. The van der Waals surface area contributed by atoms with Crippen molar-refractivity contribution in [2.45, 2.75) is 275 Å². The van der Waals surface area contributed by atoms with Crippen molar-refractivity contribution in [1.29, 1.82) is 0 Å². The molecule has 0 radical (unpaired) electrons. The summed E-state index contributed by atoms with van der Waals surface area (Å²) >= 11 is 0. The van der Waals surface area contributed by atoms with Crippen LogP contribution in [0, 0.1) is 0 Å². The summed E-state index contributed by atoms with van der Waals surface area (Å²) in [4.78, 5) is 13.0. The minimum Gasteiger partial charge on any atom is -0.394 e. The third-order valence-electron chi connectivity index (χ3n) is 12.2. The molecule has 1 fully saturated rings. The summed E-state index contributed by atoms with van der Waals surface area (Å²) in [7, 11) is 0. The molecule has 1 heterocycles. The van der Waals surface area contributed by atoms with E-state index in [0.717, 1.165) is 51.4 Å². The lowest BCUT2D eigenvalue weighted by Gasteiger charge is -2.40. The Morgan fingerprint density at radius 2 is 1.02 bits per heavy atom. The second-order valence-corrected chi connectivity index (χ2v) is 17.9. The van der Waals surface area contributed by atoms with Crippen LogP contribution in [-0.2, 0) is 14.3 Å². The highest BCUT2D eigenvalue weighted by Crippen LogP contribution is 2.23. The van der Waals surface area contributed by atoms with E-state index < -0.39 is 49.5 Å². The molecule has 9 nitrogen and oxygen atoms in total. The highest BCUT2D eigenvalue weighted by Gasteiger charge is 2.44. The number of allylic oxidation sites excluding steroid dienone is 5. The first-order valence-corrected chi connectivity index (χ1v) is 25.7. The SMILES string of the molecule is CC/C=C\C/C=C\CCCCCCCCCCCCCCCCC(=O)NC(COC1OC(CO)C(O)C(O)C1O)C(O)/C=C/CCCCCCCCCCCCCCCCC. The predicted octanol–water partition coefficient (Wildman–Crippen LogP) is 11.6. The maximum absolute atomic E-state index is 13.0. The molecule has 0 aromatic carbocycles. The Bertz CT molecular complexity index is 1050. The summed E-state index contributed by atoms with van der Waals surface area (Å²) in [5.74, 6) is -0.176. The van der Waals surface area contributed by atoms with Crippen LogP contribution in [0.3, 0.4) is 0 Å². The summed E-state index contributed by atoms with van der Waals surface area (Å²) in [6.45, 7) is 3.69. The first-order valence-electron chi connectivity index (χ1n) is 25.7. The van der Waals surface area contributed by atoms with E-state index in [0.29, 0.717) is 6.42 Å². The Morgan fingerprint density at radius 3 is 1.49 bits per heavy atom. The number of ether oxygens (including phenoxy) is 2. The lowest BCUT2D eigenvalue weighted by atomic mass is 9.99. The zero-order chi connectivity index (χ0) is 44.4. The molecule has 1 aliphatic rings. The van der Waals surface area contributed by atoms with Gasteiger partial charge in [-0.3, -0.25) is 4.79 Å². The van der Waals surface area contributed by atoms with Crippen molar-refractivity contribution in [1.82, 2.24) is 5.32 Å². The lowest BCUT2D eigenvalue weighted by molar-refractivity contribution is -0.302. The molecule has 0 saturated carbocycles. The fraction of sp³-hybridized carbons (Fsp3) is 0.865. The molecule has 61 heavy (non-hydrogen) atoms. The molecule has 1 aliphatic heterocycles. The van der Waals surface area contributed by atoms with E-state index in [1.54, 1.807) is 6.08 Å². The molecule has 0 bridgehead atoms. The highest BCUT2D eigenvalue weighted by atomic mass is 16.7. The predicted molar refractivity (Wildman–Crippen MR) is 253 cm³/mol. The van der Waals surface area contributed by atoms with E-state index in [4.69, 9.17) is 9.47 Å². The molecule has 0 aliphatic carbocycles. The van der Waals surface area contributed by atoms with E-state index in [1.165, 1.54) is 161 Å². The van der Waals surface area contributed by atoms with E-state index in [1.807, 2.05) is 6.08 Å². The van der Waals surface area contributed by atoms with Crippen LogP contribution in [-0.4, -0.2) is 87.5 Å². The van der Waals surface area contributed by atoms with Gasteiger partial charge in [-0.25, -0.2) is 0 Å². The Labute approximate surface area is 374 Å².